The molecule has 0 N–H and O–H groups in total. The summed E-state index contributed by atoms with van der Waals surface area (Å²) in [6.07, 6.45) is 2.28. The van der Waals surface area contributed by atoms with Gasteiger partial charge in [0, 0.05) is 25.9 Å². The number of aliphatic imine (C=N–C) groups is 1. The Morgan fingerprint density at radius 1 is 1.18 bits per heavy atom. The predicted octanol–water partition coefficient (Wildman–Crippen LogP) is 0.993. The van der Waals surface area contributed by atoms with Crippen molar-refractivity contribution in [2.75, 3.05) is 19.8 Å². The van der Waals surface area contributed by atoms with Crippen LogP contribution in [0.1, 0.15) is 20.8 Å². The van der Waals surface area contributed by atoms with E-state index >= 15 is 0 Å². The first-order valence-electron chi connectivity index (χ1n) is 5.37. The fourth-order valence-corrected chi connectivity index (χ4v) is 3.22. The SMILES string of the molecule is CCO[Si](C=CC(=O)N=C=O)(OCC)OCC. The van der Waals surface area contributed by atoms with Crippen LogP contribution in [0.15, 0.2) is 16.8 Å². The number of rotatable bonds is 8. The summed E-state index contributed by atoms with van der Waals surface area (Å²) >= 11 is 0. The largest absolute Gasteiger partial charge is 0.529 e. The van der Waals surface area contributed by atoms with Crippen molar-refractivity contribution in [3.8, 4) is 0 Å². The monoisotopic (exact) mass is 259 g/mol. The fraction of sp³-hybridized carbons (Fsp3) is 0.600. The summed E-state index contributed by atoms with van der Waals surface area (Å²) in [4.78, 5) is 23.9. The maximum absolute atomic E-state index is 11.0. The number of nitrogens with zero attached hydrogens (tertiary/aromatic N) is 1. The molecule has 0 rings (SSSR count). The molecule has 0 fully saturated rings. The van der Waals surface area contributed by atoms with E-state index in [-0.39, 0.29) is 0 Å². The van der Waals surface area contributed by atoms with Crippen molar-refractivity contribution >= 4 is 20.8 Å². The lowest BCUT2D eigenvalue weighted by Crippen LogP contribution is -2.44. The van der Waals surface area contributed by atoms with Gasteiger partial charge in [0.05, 0.1) is 0 Å². The smallest absolute Gasteiger partial charge is 0.371 e. The zero-order chi connectivity index (χ0) is 13.1. The van der Waals surface area contributed by atoms with E-state index in [0.29, 0.717) is 19.8 Å². The molecule has 0 atom stereocenters. The quantitative estimate of drug-likeness (QED) is 0.281. The third kappa shape index (κ3) is 6.25. The fourth-order valence-electron chi connectivity index (χ4n) is 1.13. The predicted molar refractivity (Wildman–Crippen MR) is 62.9 cm³/mol. The van der Waals surface area contributed by atoms with Crippen molar-refractivity contribution in [1.29, 1.82) is 0 Å². The first-order chi connectivity index (χ1) is 8.14. The molecule has 0 aromatic heterocycles. The molecule has 0 aromatic rings. The van der Waals surface area contributed by atoms with Crippen LogP contribution in [0.2, 0.25) is 0 Å². The Morgan fingerprint density at radius 3 is 2.00 bits per heavy atom. The average Bonchev–Trinajstić information content (AvgIpc) is 2.28. The van der Waals surface area contributed by atoms with Gasteiger partial charge in [0.2, 0.25) is 6.08 Å². The molecule has 0 spiro atoms. The van der Waals surface area contributed by atoms with Gasteiger partial charge in [0.25, 0.3) is 5.91 Å². The van der Waals surface area contributed by atoms with E-state index in [0.717, 1.165) is 6.08 Å². The van der Waals surface area contributed by atoms with Crippen LogP contribution in [0, 0.1) is 0 Å². The van der Waals surface area contributed by atoms with Gasteiger partial charge in [-0.05, 0) is 26.5 Å². The summed E-state index contributed by atoms with van der Waals surface area (Å²) < 4.78 is 16.4. The molecule has 0 aliphatic heterocycles. The maximum Gasteiger partial charge on any atom is 0.529 e. The Labute approximate surface area is 102 Å². The van der Waals surface area contributed by atoms with E-state index in [1.165, 1.54) is 11.8 Å². The number of carbonyl (C=O) groups is 1. The molecule has 0 radical (unpaired) electrons. The van der Waals surface area contributed by atoms with E-state index in [9.17, 15) is 9.59 Å². The third-order valence-corrected chi connectivity index (χ3v) is 4.27. The van der Waals surface area contributed by atoms with Gasteiger partial charge >= 0.3 is 8.80 Å². The molecule has 0 aliphatic carbocycles. The first-order valence-corrected chi connectivity index (χ1v) is 7.17. The number of amides is 1. The lowest BCUT2D eigenvalue weighted by atomic mass is 10.6. The second-order valence-electron chi connectivity index (χ2n) is 2.78. The van der Waals surface area contributed by atoms with E-state index in [2.05, 4.69) is 4.99 Å². The molecule has 0 aliphatic rings. The molecule has 96 valence electrons. The molecule has 0 unspecified atom stereocenters. The Kier molecular flexibility index (Phi) is 8.39. The van der Waals surface area contributed by atoms with Crippen molar-refractivity contribution in [3.63, 3.8) is 0 Å². The van der Waals surface area contributed by atoms with Crippen LogP contribution in [0.4, 0.5) is 0 Å². The van der Waals surface area contributed by atoms with Gasteiger partial charge in [0.1, 0.15) is 0 Å². The van der Waals surface area contributed by atoms with Crippen LogP contribution in [-0.2, 0) is 22.9 Å². The summed E-state index contributed by atoms with van der Waals surface area (Å²) in [7, 11) is -2.98. The number of carbonyl (C=O) groups excluding carboxylic acids is 2. The minimum atomic E-state index is -2.98. The van der Waals surface area contributed by atoms with E-state index < -0.39 is 14.7 Å². The summed E-state index contributed by atoms with van der Waals surface area (Å²) in [6, 6.07) is 0. The van der Waals surface area contributed by atoms with Gasteiger partial charge in [-0.25, -0.2) is 4.79 Å². The maximum atomic E-state index is 11.0. The van der Waals surface area contributed by atoms with Crippen molar-refractivity contribution in [1.82, 2.24) is 0 Å². The molecule has 17 heavy (non-hydrogen) atoms. The van der Waals surface area contributed by atoms with Crippen molar-refractivity contribution in [3.05, 3.63) is 11.8 Å². The van der Waals surface area contributed by atoms with Gasteiger partial charge in [-0.3, -0.25) is 4.79 Å². The highest BCUT2D eigenvalue weighted by molar-refractivity contribution is 6.66. The Bertz CT molecular complexity index is 295. The third-order valence-electron chi connectivity index (χ3n) is 1.62. The molecule has 0 saturated heterocycles. The molecule has 0 heterocycles. The molecular weight excluding hydrogens is 242 g/mol. The van der Waals surface area contributed by atoms with Gasteiger partial charge in [0.15, 0.2) is 0 Å². The normalized spacial score (nSPS) is 11.5. The summed E-state index contributed by atoms with van der Waals surface area (Å²) in [5.74, 6) is -0.712. The highest BCUT2D eigenvalue weighted by Gasteiger charge is 2.37. The molecular formula is C10H17NO5Si. The van der Waals surface area contributed by atoms with Crippen LogP contribution in [0.3, 0.4) is 0 Å². The zero-order valence-corrected chi connectivity index (χ0v) is 11.3. The molecule has 0 saturated carbocycles. The lowest BCUT2D eigenvalue weighted by molar-refractivity contribution is -0.113. The Balaban J connectivity index is 4.86. The van der Waals surface area contributed by atoms with Gasteiger partial charge in [-0.1, -0.05) is 0 Å². The second kappa shape index (κ2) is 8.97. The molecule has 7 heteroatoms. The summed E-state index contributed by atoms with van der Waals surface area (Å²) in [5.41, 5.74) is 1.42. The minimum absolute atomic E-state index is 0.404. The molecule has 1 amide bonds. The van der Waals surface area contributed by atoms with E-state index in [1.54, 1.807) is 20.8 Å². The summed E-state index contributed by atoms with van der Waals surface area (Å²) in [5, 5.41) is 0. The number of hydrogen-bond acceptors (Lipinski definition) is 5. The molecule has 0 bridgehead atoms. The van der Waals surface area contributed by atoms with E-state index in [4.69, 9.17) is 13.3 Å². The van der Waals surface area contributed by atoms with Crippen molar-refractivity contribution < 1.29 is 22.9 Å². The van der Waals surface area contributed by atoms with Crippen LogP contribution in [0.5, 0.6) is 0 Å². The lowest BCUT2D eigenvalue weighted by Gasteiger charge is -2.24. The first kappa shape index (κ1) is 15.9. The van der Waals surface area contributed by atoms with Crippen LogP contribution in [-0.4, -0.2) is 40.6 Å². The number of isocyanates is 1. The zero-order valence-electron chi connectivity index (χ0n) is 10.3. The Hall–Kier alpha value is -1.11. The van der Waals surface area contributed by atoms with Crippen LogP contribution < -0.4 is 0 Å². The van der Waals surface area contributed by atoms with Crippen molar-refractivity contribution in [2.45, 2.75) is 20.8 Å². The molecule has 0 aromatic carbocycles. The van der Waals surface area contributed by atoms with Crippen LogP contribution in [0.25, 0.3) is 0 Å². The topological polar surface area (TPSA) is 74.2 Å². The van der Waals surface area contributed by atoms with Crippen molar-refractivity contribution in [2.24, 2.45) is 4.99 Å². The highest BCUT2D eigenvalue weighted by Crippen LogP contribution is 2.11. The second-order valence-corrected chi connectivity index (χ2v) is 5.18. The standard InChI is InChI=1S/C10H17NO5Si/c1-4-14-17(15-5-2,16-6-3)8-7-10(13)11-9-12/h7-8H,4-6H2,1-3H3. The molecule has 6 nitrogen and oxygen atoms in total. The number of hydrogen-bond donors (Lipinski definition) is 0. The Morgan fingerprint density at radius 2 is 1.65 bits per heavy atom. The van der Waals surface area contributed by atoms with Gasteiger partial charge < -0.3 is 13.3 Å². The average molecular weight is 259 g/mol. The van der Waals surface area contributed by atoms with E-state index in [1.807, 2.05) is 0 Å². The van der Waals surface area contributed by atoms with Gasteiger partial charge in [-0.2, -0.15) is 0 Å². The highest BCUT2D eigenvalue weighted by atomic mass is 28.4. The van der Waals surface area contributed by atoms with Gasteiger partial charge in [-0.15, -0.1) is 4.99 Å². The minimum Gasteiger partial charge on any atom is -0.371 e. The summed E-state index contributed by atoms with van der Waals surface area (Å²) in [6.45, 7) is 6.63. The van der Waals surface area contributed by atoms with Crippen LogP contribution >= 0.6 is 0 Å².